The van der Waals surface area contributed by atoms with Gasteiger partial charge >= 0.3 is 0 Å². The van der Waals surface area contributed by atoms with E-state index in [0.29, 0.717) is 22.8 Å². The molecule has 0 saturated heterocycles. The molecule has 110 valence electrons. The first-order chi connectivity index (χ1) is 10.6. The molecule has 0 spiro atoms. The zero-order valence-corrected chi connectivity index (χ0v) is 13.1. The maximum atomic E-state index is 11.5. The molecule has 6 nitrogen and oxygen atoms in total. The minimum absolute atomic E-state index is 0.0708. The largest absolute Gasteiger partial charge is 0.454 e. The summed E-state index contributed by atoms with van der Waals surface area (Å²) in [4.78, 5) is 11.5. The van der Waals surface area contributed by atoms with Crippen LogP contribution >= 0.6 is 15.9 Å². The van der Waals surface area contributed by atoms with Crippen LogP contribution in [0.5, 0.6) is 11.5 Å². The van der Waals surface area contributed by atoms with Gasteiger partial charge in [0.05, 0.1) is 10.2 Å². The highest BCUT2D eigenvalue weighted by Crippen LogP contribution is 2.40. The maximum Gasteiger partial charge on any atom is 0.282 e. The lowest BCUT2D eigenvalue weighted by Crippen LogP contribution is -2.15. The lowest BCUT2D eigenvalue weighted by molar-refractivity contribution is 0.173. The summed E-state index contributed by atoms with van der Waals surface area (Å²) >= 11 is 3.43. The Kier molecular flexibility index (Phi) is 3.69. The number of aromatic amines is 1. The SMILES string of the molecule is Cc1c(/C=C/c2cc(Br)c3c(c2)OCO3)n[nH]c(=O)c1C#N. The first kappa shape index (κ1) is 14.4. The van der Waals surface area contributed by atoms with Crippen molar-refractivity contribution in [1.29, 1.82) is 5.26 Å². The molecule has 2 aromatic rings. The maximum absolute atomic E-state index is 11.5. The third kappa shape index (κ3) is 2.49. The summed E-state index contributed by atoms with van der Waals surface area (Å²) in [6.07, 6.45) is 3.55. The van der Waals surface area contributed by atoms with Gasteiger partial charge in [0.25, 0.3) is 5.56 Å². The first-order valence-corrected chi connectivity index (χ1v) is 7.16. The Morgan fingerprint density at radius 1 is 1.41 bits per heavy atom. The number of aromatic nitrogens is 2. The van der Waals surface area contributed by atoms with Gasteiger partial charge in [-0.15, -0.1) is 0 Å². The van der Waals surface area contributed by atoms with Crippen molar-refractivity contribution in [2.45, 2.75) is 6.92 Å². The second kappa shape index (κ2) is 5.66. The monoisotopic (exact) mass is 359 g/mol. The van der Waals surface area contributed by atoms with Crippen LogP contribution in [0.15, 0.2) is 21.4 Å². The second-order valence-electron chi connectivity index (χ2n) is 4.62. The van der Waals surface area contributed by atoms with E-state index in [4.69, 9.17) is 14.7 Å². The van der Waals surface area contributed by atoms with Crippen LogP contribution in [0.1, 0.15) is 22.4 Å². The average Bonchev–Trinajstić information content (AvgIpc) is 2.96. The summed E-state index contributed by atoms with van der Waals surface area (Å²) in [7, 11) is 0. The van der Waals surface area contributed by atoms with Gasteiger partial charge in [0.1, 0.15) is 11.6 Å². The molecule has 22 heavy (non-hydrogen) atoms. The molecule has 0 fully saturated rings. The molecule has 0 radical (unpaired) electrons. The van der Waals surface area contributed by atoms with Gasteiger partial charge in [0.2, 0.25) is 6.79 Å². The van der Waals surface area contributed by atoms with Gasteiger partial charge in [-0.1, -0.05) is 6.08 Å². The minimum atomic E-state index is -0.483. The molecule has 0 aliphatic carbocycles. The predicted octanol–water partition coefficient (Wildman–Crippen LogP) is 2.61. The topological polar surface area (TPSA) is 88.0 Å². The minimum Gasteiger partial charge on any atom is -0.454 e. The third-order valence-electron chi connectivity index (χ3n) is 3.26. The summed E-state index contributed by atoms with van der Waals surface area (Å²) in [5, 5.41) is 15.3. The highest BCUT2D eigenvalue weighted by atomic mass is 79.9. The smallest absolute Gasteiger partial charge is 0.282 e. The molecule has 7 heteroatoms. The summed E-state index contributed by atoms with van der Waals surface area (Å²) in [6.45, 7) is 1.89. The van der Waals surface area contributed by atoms with Crippen molar-refractivity contribution in [3.05, 3.63) is 49.3 Å². The van der Waals surface area contributed by atoms with Crippen LogP contribution in [0.25, 0.3) is 12.2 Å². The van der Waals surface area contributed by atoms with E-state index < -0.39 is 5.56 Å². The molecule has 2 heterocycles. The van der Waals surface area contributed by atoms with Crippen LogP contribution in [-0.2, 0) is 0 Å². The Labute approximate surface area is 134 Å². The third-order valence-corrected chi connectivity index (χ3v) is 3.85. The lowest BCUT2D eigenvalue weighted by atomic mass is 10.1. The Morgan fingerprint density at radius 3 is 3.00 bits per heavy atom. The molecular weight excluding hydrogens is 350 g/mol. The van der Waals surface area contributed by atoms with Gasteiger partial charge in [0, 0.05) is 0 Å². The zero-order valence-electron chi connectivity index (χ0n) is 11.5. The molecule has 0 atom stereocenters. The fourth-order valence-corrected chi connectivity index (χ4v) is 2.68. The molecule has 0 unspecified atom stereocenters. The average molecular weight is 360 g/mol. The van der Waals surface area contributed by atoms with Crippen LogP contribution in [-0.4, -0.2) is 17.0 Å². The quantitative estimate of drug-likeness (QED) is 0.890. The number of nitrogens with zero attached hydrogens (tertiary/aromatic N) is 2. The lowest BCUT2D eigenvalue weighted by Gasteiger charge is -2.02. The van der Waals surface area contributed by atoms with Gasteiger partial charge in [-0.2, -0.15) is 10.4 Å². The molecular formula is C15H10BrN3O3. The van der Waals surface area contributed by atoms with Crippen molar-refractivity contribution in [3.63, 3.8) is 0 Å². The van der Waals surface area contributed by atoms with Gasteiger partial charge in [-0.25, -0.2) is 5.10 Å². The Balaban J connectivity index is 1.98. The number of halogens is 1. The summed E-state index contributed by atoms with van der Waals surface area (Å²) < 4.78 is 11.5. The second-order valence-corrected chi connectivity index (χ2v) is 5.47. The van der Waals surface area contributed by atoms with Crippen LogP contribution in [0.2, 0.25) is 0 Å². The Morgan fingerprint density at radius 2 is 2.23 bits per heavy atom. The standard InChI is InChI=1S/C15H10BrN3O3/c1-8-10(6-17)15(20)19-18-12(8)3-2-9-4-11(16)14-13(5-9)21-7-22-14/h2-5H,7H2,1H3,(H,19,20)/b3-2+. The van der Waals surface area contributed by atoms with E-state index in [0.717, 1.165) is 10.0 Å². The van der Waals surface area contributed by atoms with E-state index in [9.17, 15) is 4.79 Å². The number of nitrogens with one attached hydrogen (secondary N) is 1. The van der Waals surface area contributed by atoms with E-state index in [1.165, 1.54) is 0 Å². The number of hydrogen-bond acceptors (Lipinski definition) is 5. The highest BCUT2D eigenvalue weighted by Gasteiger charge is 2.17. The van der Waals surface area contributed by atoms with E-state index in [2.05, 4.69) is 26.1 Å². The fraction of sp³-hybridized carbons (Fsp3) is 0.133. The van der Waals surface area contributed by atoms with Gasteiger partial charge < -0.3 is 9.47 Å². The zero-order chi connectivity index (χ0) is 15.7. The van der Waals surface area contributed by atoms with E-state index in [1.807, 2.05) is 24.3 Å². The van der Waals surface area contributed by atoms with Crippen LogP contribution in [0, 0.1) is 18.3 Å². The Bertz CT molecular complexity index is 881. The molecule has 0 bridgehead atoms. The van der Waals surface area contributed by atoms with Crippen molar-refractivity contribution >= 4 is 28.1 Å². The van der Waals surface area contributed by atoms with Crippen LogP contribution in [0.3, 0.4) is 0 Å². The Hall–Kier alpha value is -2.59. The molecule has 0 saturated carbocycles. The number of benzene rings is 1. The van der Waals surface area contributed by atoms with Crippen molar-refractivity contribution in [2.24, 2.45) is 0 Å². The number of H-pyrrole nitrogens is 1. The van der Waals surface area contributed by atoms with Crippen LogP contribution < -0.4 is 15.0 Å². The number of fused-ring (bicyclic) bond motifs is 1. The summed E-state index contributed by atoms with van der Waals surface area (Å²) in [5.41, 5.74) is 1.54. The van der Waals surface area contributed by atoms with Crippen molar-refractivity contribution < 1.29 is 9.47 Å². The predicted molar refractivity (Wildman–Crippen MR) is 83.5 cm³/mol. The molecule has 3 rings (SSSR count). The van der Waals surface area contributed by atoms with Gasteiger partial charge in [-0.3, -0.25) is 4.79 Å². The fourth-order valence-electron chi connectivity index (χ4n) is 2.10. The van der Waals surface area contributed by atoms with Crippen molar-refractivity contribution in [3.8, 4) is 17.6 Å². The molecule has 1 aromatic heterocycles. The highest BCUT2D eigenvalue weighted by molar-refractivity contribution is 9.10. The number of nitriles is 1. The molecule has 1 aliphatic heterocycles. The summed E-state index contributed by atoms with van der Waals surface area (Å²) in [5.74, 6) is 1.35. The normalized spacial score (nSPS) is 12.6. The van der Waals surface area contributed by atoms with Crippen molar-refractivity contribution in [1.82, 2.24) is 10.2 Å². The summed E-state index contributed by atoms with van der Waals surface area (Å²) in [6, 6.07) is 5.61. The number of ether oxygens (including phenoxy) is 2. The van der Waals surface area contributed by atoms with E-state index in [-0.39, 0.29) is 12.4 Å². The molecule has 1 aromatic carbocycles. The number of hydrogen-bond donors (Lipinski definition) is 1. The van der Waals surface area contributed by atoms with Gasteiger partial charge in [-0.05, 0) is 52.2 Å². The van der Waals surface area contributed by atoms with Gasteiger partial charge in [0.15, 0.2) is 11.5 Å². The molecule has 0 amide bonds. The van der Waals surface area contributed by atoms with E-state index >= 15 is 0 Å². The number of rotatable bonds is 2. The van der Waals surface area contributed by atoms with E-state index in [1.54, 1.807) is 13.0 Å². The molecule has 1 N–H and O–H groups in total. The van der Waals surface area contributed by atoms with Crippen molar-refractivity contribution in [2.75, 3.05) is 6.79 Å². The molecule has 1 aliphatic rings. The van der Waals surface area contributed by atoms with Crippen LogP contribution in [0.4, 0.5) is 0 Å². The first-order valence-electron chi connectivity index (χ1n) is 6.36.